The van der Waals surface area contributed by atoms with Gasteiger partial charge in [0.25, 0.3) is 0 Å². The highest BCUT2D eigenvalue weighted by atomic mass is 14.9. The molecule has 0 saturated heterocycles. The van der Waals surface area contributed by atoms with Crippen molar-refractivity contribution in [2.24, 2.45) is 0 Å². The number of pyridine rings is 1. The molecule has 2 rings (SSSR count). The van der Waals surface area contributed by atoms with Gasteiger partial charge in [-0.1, -0.05) is 0 Å². The van der Waals surface area contributed by atoms with E-state index in [2.05, 4.69) is 16.4 Å². The van der Waals surface area contributed by atoms with E-state index in [1.807, 2.05) is 6.07 Å². The number of nitrogens with one attached hydrogen (secondary N) is 1. The second kappa shape index (κ2) is 2.39. The van der Waals surface area contributed by atoms with Gasteiger partial charge in [0.05, 0.1) is 0 Å². The molecule has 0 atom stereocenters. The van der Waals surface area contributed by atoms with Crippen LogP contribution in [0.4, 0.5) is 0 Å². The lowest BCUT2D eigenvalue weighted by Crippen LogP contribution is -2.24. The molecule has 1 aliphatic rings. The van der Waals surface area contributed by atoms with Crippen LogP contribution in [0.15, 0.2) is 12.3 Å². The number of aromatic nitrogens is 1. The first-order valence-corrected chi connectivity index (χ1v) is 3.51. The fraction of sp³-hybridized carbons (Fsp3) is 0.375. The van der Waals surface area contributed by atoms with Crippen molar-refractivity contribution in [2.75, 3.05) is 6.54 Å². The third-order valence-electron chi connectivity index (χ3n) is 1.78. The van der Waals surface area contributed by atoms with E-state index >= 15 is 0 Å². The molecule has 1 aromatic rings. The third-order valence-corrected chi connectivity index (χ3v) is 1.78. The molecule has 1 aliphatic heterocycles. The molecule has 1 radical (unpaired) electrons. The highest BCUT2D eigenvalue weighted by molar-refractivity contribution is 5.21. The van der Waals surface area contributed by atoms with Crippen molar-refractivity contribution < 1.29 is 0 Å². The summed E-state index contributed by atoms with van der Waals surface area (Å²) in [5, 5.41) is 3.28. The van der Waals surface area contributed by atoms with E-state index in [4.69, 9.17) is 0 Å². The second-order valence-electron chi connectivity index (χ2n) is 2.47. The van der Waals surface area contributed by atoms with Gasteiger partial charge < -0.3 is 5.32 Å². The summed E-state index contributed by atoms with van der Waals surface area (Å²) in [5.74, 6) is 0. The van der Waals surface area contributed by atoms with Gasteiger partial charge in [-0.05, 0) is 11.6 Å². The van der Waals surface area contributed by atoms with Gasteiger partial charge in [0.15, 0.2) is 0 Å². The Morgan fingerprint density at radius 1 is 1.60 bits per heavy atom. The first-order valence-electron chi connectivity index (χ1n) is 3.51. The third kappa shape index (κ3) is 0.907. The molecule has 0 spiro atoms. The van der Waals surface area contributed by atoms with Gasteiger partial charge in [-0.2, -0.15) is 0 Å². The maximum absolute atomic E-state index is 4.22. The Labute approximate surface area is 60.3 Å². The number of hydrogen-bond acceptors (Lipinski definition) is 2. The molecule has 10 heavy (non-hydrogen) atoms. The van der Waals surface area contributed by atoms with Crippen molar-refractivity contribution in [2.45, 2.75) is 13.0 Å². The molecule has 0 fully saturated rings. The molecule has 0 saturated carbocycles. The van der Waals surface area contributed by atoms with Gasteiger partial charge in [-0.15, -0.1) is 0 Å². The maximum atomic E-state index is 4.22. The lowest BCUT2D eigenvalue weighted by Gasteiger charge is -2.14. The topological polar surface area (TPSA) is 24.9 Å². The summed E-state index contributed by atoms with van der Waals surface area (Å²) < 4.78 is 0. The smallest absolute Gasteiger partial charge is 0.0461 e. The molecule has 51 valence electrons. The summed E-state index contributed by atoms with van der Waals surface area (Å²) in [7, 11) is 0. The summed E-state index contributed by atoms with van der Waals surface area (Å²) in [6, 6.07) is 4.98. The van der Waals surface area contributed by atoms with E-state index in [0.29, 0.717) is 0 Å². The van der Waals surface area contributed by atoms with Crippen LogP contribution < -0.4 is 5.32 Å². The fourth-order valence-corrected chi connectivity index (χ4v) is 1.23. The van der Waals surface area contributed by atoms with Gasteiger partial charge in [-0.3, -0.25) is 4.98 Å². The van der Waals surface area contributed by atoms with Crippen LogP contribution in [0.2, 0.25) is 0 Å². The SMILES string of the molecule is [c]1cnc2c(c1)CNCC2. The Bertz CT molecular complexity index is 207. The van der Waals surface area contributed by atoms with Crippen molar-refractivity contribution in [1.82, 2.24) is 10.3 Å². The van der Waals surface area contributed by atoms with E-state index in [-0.39, 0.29) is 0 Å². The molecule has 1 aromatic heterocycles. The molecule has 2 nitrogen and oxygen atoms in total. The predicted molar refractivity (Wildman–Crippen MR) is 38.5 cm³/mol. The standard InChI is InChI=1S/C8H9N2/c1-2-7-6-9-5-3-8(7)10-4-1/h2,4,9H,3,5-6H2. The quantitative estimate of drug-likeness (QED) is 0.558. The molecule has 0 aromatic carbocycles. The minimum Gasteiger partial charge on any atom is -0.312 e. The van der Waals surface area contributed by atoms with E-state index in [1.165, 1.54) is 11.3 Å². The highest BCUT2D eigenvalue weighted by Crippen LogP contribution is 2.08. The molecule has 0 unspecified atom stereocenters. The normalized spacial score (nSPS) is 16.4. The Hall–Kier alpha value is -0.890. The Balaban J connectivity index is 2.41. The second-order valence-corrected chi connectivity index (χ2v) is 2.47. The average molecular weight is 133 g/mol. The van der Waals surface area contributed by atoms with Crippen LogP contribution in [0.25, 0.3) is 0 Å². The van der Waals surface area contributed by atoms with Crippen molar-refractivity contribution in [3.63, 3.8) is 0 Å². The van der Waals surface area contributed by atoms with Crippen LogP contribution in [-0.4, -0.2) is 11.5 Å². The van der Waals surface area contributed by atoms with Crippen LogP contribution in [0.5, 0.6) is 0 Å². The summed E-state index contributed by atoms with van der Waals surface area (Å²) in [6.45, 7) is 2.02. The molecule has 1 N–H and O–H groups in total. The molecule has 2 heterocycles. The van der Waals surface area contributed by atoms with Crippen LogP contribution in [-0.2, 0) is 13.0 Å². The largest absolute Gasteiger partial charge is 0.312 e. The van der Waals surface area contributed by atoms with E-state index in [9.17, 15) is 0 Å². The minimum absolute atomic E-state index is 0.958. The zero-order valence-corrected chi connectivity index (χ0v) is 5.72. The molecule has 0 bridgehead atoms. The van der Waals surface area contributed by atoms with Crippen molar-refractivity contribution in [3.05, 3.63) is 29.6 Å². The van der Waals surface area contributed by atoms with Crippen molar-refractivity contribution in [1.29, 1.82) is 0 Å². The van der Waals surface area contributed by atoms with Crippen LogP contribution in [0.1, 0.15) is 11.3 Å². The summed E-state index contributed by atoms with van der Waals surface area (Å²) in [5.41, 5.74) is 2.53. The average Bonchev–Trinajstić information content (AvgIpc) is 2.05. The molecular formula is C8H9N2. The number of rotatable bonds is 0. The summed E-state index contributed by atoms with van der Waals surface area (Å²) in [6.07, 6.45) is 2.80. The van der Waals surface area contributed by atoms with Gasteiger partial charge >= 0.3 is 0 Å². The Morgan fingerprint density at radius 2 is 2.60 bits per heavy atom. The predicted octanol–water partition coefficient (Wildman–Crippen LogP) is 0.527. The zero-order valence-electron chi connectivity index (χ0n) is 5.72. The molecule has 2 heteroatoms. The minimum atomic E-state index is 0.958. The van der Waals surface area contributed by atoms with Gasteiger partial charge in [0.2, 0.25) is 0 Å². The zero-order chi connectivity index (χ0) is 6.81. The summed E-state index contributed by atoms with van der Waals surface area (Å²) in [4.78, 5) is 4.22. The lowest BCUT2D eigenvalue weighted by molar-refractivity contribution is 0.630. The first-order chi connectivity index (χ1) is 4.97. The van der Waals surface area contributed by atoms with E-state index in [0.717, 1.165) is 19.5 Å². The number of fused-ring (bicyclic) bond motifs is 1. The van der Waals surface area contributed by atoms with Crippen LogP contribution >= 0.6 is 0 Å². The molecular weight excluding hydrogens is 124 g/mol. The maximum Gasteiger partial charge on any atom is 0.0461 e. The van der Waals surface area contributed by atoms with E-state index in [1.54, 1.807) is 6.20 Å². The van der Waals surface area contributed by atoms with Gasteiger partial charge in [0, 0.05) is 37.5 Å². The Kier molecular flexibility index (Phi) is 1.40. The van der Waals surface area contributed by atoms with Crippen LogP contribution in [0.3, 0.4) is 0 Å². The van der Waals surface area contributed by atoms with Crippen molar-refractivity contribution >= 4 is 0 Å². The Morgan fingerprint density at radius 3 is 3.50 bits per heavy atom. The van der Waals surface area contributed by atoms with Crippen LogP contribution in [0, 0.1) is 6.07 Å². The number of nitrogens with zero attached hydrogens (tertiary/aromatic N) is 1. The van der Waals surface area contributed by atoms with E-state index < -0.39 is 0 Å². The van der Waals surface area contributed by atoms with Crippen molar-refractivity contribution in [3.8, 4) is 0 Å². The lowest BCUT2D eigenvalue weighted by atomic mass is 10.1. The number of hydrogen-bond donors (Lipinski definition) is 1. The first kappa shape index (κ1) is 5.86. The van der Waals surface area contributed by atoms with Gasteiger partial charge in [-0.25, -0.2) is 0 Å². The monoisotopic (exact) mass is 133 g/mol. The molecule has 0 aliphatic carbocycles. The molecule has 0 amide bonds. The summed E-state index contributed by atoms with van der Waals surface area (Å²) >= 11 is 0. The van der Waals surface area contributed by atoms with Gasteiger partial charge in [0.1, 0.15) is 0 Å². The highest BCUT2D eigenvalue weighted by Gasteiger charge is 2.06. The fourth-order valence-electron chi connectivity index (χ4n) is 1.23.